The maximum atomic E-state index is 11.8. The Hall–Kier alpha value is -0.710. The molecule has 0 aliphatic carbocycles. The summed E-state index contributed by atoms with van der Waals surface area (Å²) in [7, 11) is 0. The molecule has 58 valence electrons. The largest absolute Gasteiger partial charge is 0.482 e. The molecule has 5 heteroatoms. The molecule has 0 radical (unpaired) electrons. The Kier molecular flexibility index (Phi) is 1.60. The molecule has 10 heavy (non-hydrogen) atoms. The Morgan fingerprint density at radius 1 is 1.40 bits per heavy atom. The fourth-order valence-electron chi connectivity index (χ4n) is 0.710. The van der Waals surface area contributed by atoms with E-state index in [2.05, 4.69) is 4.74 Å². The highest BCUT2D eigenvalue weighted by molar-refractivity contribution is 4.97. The maximum absolute atomic E-state index is 11.8. The molecule has 1 rings (SSSR count). The van der Waals surface area contributed by atoms with Crippen LogP contribution in [-0.4, -0.2) is 12.4 Å². The van der Waals surface area contributed by atoms with Crippen LogP contribution in [0.1, 0.15) is 0 Å². The van der Waals surface area contributed by atoms with Gasteiger partial charge in [-0.1, -0.05) is 0 Å². The van der Waals surface area contributed by atoms with Gasteiger partial charge in [0.05, 0.1) is 6.26 Å². The molecule has 0 saturated carbocycles. The summed E-state index contributed by atoms with van der Waals surface area (Å²) in [4.78, 5) is 0. The fraction of sp³-hybridized carbons (Fsp3) is 0.600. The Morgan fingerprint density at radius 2 is 2.00 bits per heavy atom. The second-order valence-electron chi connectivity index (χ2n) is 2.00. The maximum Gasteiger partial charge on any atom is 0.400 e. The third kappa shape index (κ3) is 1.23. The van der Waals surface area contributed by atoms with Crippen molar-refractivity contribution < 1.29 is 17.9 Å². The van der Waals surface area contributed by atoms with Gasteiger partial charge in [-0.05, 0) is 6.08 Å². The van der Waals surface area contributed by atoms with Gasteiger partial charge < -0.3 is 4.74 Å². The first-order valence-corrected chi connectivity index (χ1v) is 2.66. The molecule has 1 heterocycles. The van der Waals surface area contributed by atoms with E-state index in [-0.39, 0.29) is 0 Å². The van der Waals surface area contributed by atoms with Crippen LogP contribution in [0.4, 0.5) is 13.2 Å². The lowest BCUT2D eigenvalue weighted by molar-refractivity contribution is -0.177. The van der Waals surface area contributed by atoms with E-state index in [1.807, 2.05) is 0 Å². The van der Waals surface area contributed by atoms with Crippen LogP contribution in [0.25, 0.3) is 0 Å². The van der Waals surface area contributed by atoms with E-state index < -0.39 is 18.3 Å². The highest BCUT2D eigenvalue weighted by Crippen LogP contribution is 2.32. The monoisotopic (exact) mass is 154 g/mol. The van der Waals surface area contributed by atoms with E-state index in [1.165, 1.54) is 0 Å². The number of rotatable bonds is 0. The van der Waals surface area contributed by atoms with Gasteiger partial charge in [0.2, 0.25) is 0 Å². The lowest BCUT2D eigenvalue weighted by Crippen LogP contribution is -2.36. The minimum atomic E-state index is -4.29. The van der Waals surface area contributed by atoms with Crippen molar-refractivity contribution in [1.29, 1.82) is 0 Å². The Morgan fingerprint density at radius 3 is 2.20 bits per heavy atom. The van der Waals surface area contributed by atoms with Crippen molar-refractivity contribution in [2.45, 2.75) is 12.4 Å². The van der Waals surface area contributed by atoms with Gasteiger partial charge in [0.1, 0.15) is 5.92 Å². The molecule has 0 saturated heterocycles. The van der Waals surface area contributed by atoms with Crippen LogP contribution in [0.2, 0.25) is 0 Å². The second-order valence-corrected chi connectivity index (χ2v) is 2.00. The molecule has 2 nitrogen and oxygen atoms in total. The van der Waals surface area contributed by atoms with Gasteiger partial charge in [-0.2, -0.15) is 13.2 Å². The number of alkyl halides is 3. The average Bonchev–Trinajstić information content (AvgIpc) is 2.11. The SMILES string of the molecule is N[13CH]1OC=CC1C(F)(F)F. The topological polar surface area (TPSA) is 35.2 Å². The van der Waals surface area contributed by atoms with E-state index in [1.54, 1.807) is 0 Å². The molecule has 0 amide bonds. The first-order valence-electron chi connectivity index (χ1n) is 2.66. The zero-order chi connectivity index (χ0) is 7.78. The first-order chi connectivity index (χ1) is 4.52. The normalized spacial score (nSPS) is 32.4. The van der Waals surface area contributed by atoms with Crippen molar-refractivity contribution in [3.63, 3.8) is 0 Å². The quantitative estimate of drug-likeness (QED) is 0.528. The third-order valence-corrected chi connectivity index (χ3v) is 1.25. The minimum Gasteiger partial charge on any atom is -0.482 e. The van der Waals surface area contributed by atoms with Crippen molar-refractivity contribution >= 4 is 0 Å². The minimum absolute atomic E-state index is 0.907. The standard InChI is InChI=1S/C5H6F3NO/c6-5(7,8)3-1-2-10-4(3)9/h1-4H,9H2/i4+1. The van der Waals surface area contributed by atoms with Crippen LogP contribution < -0.4 is 5.73 Å². The molecular formula is C5H6F3NO. The summed E-state index contributed by atoms with van der Waals surface area (Å²) in [5.74, 6) is -1.65. The first kappa shape index (κ1) is 7.40. The Bertz CT molecular complexity index is 153. The number of halogens is 3. The summed E-state index contributed by atoms with van der Waals surface area (Å²) >= 11 is 0. The number of nitrogens with two attached hydrogens (primary N) is 1. The number of hydrogen-bond donors (Lipinski definition) is 1. The van der Waals surface area contributed by atoms with E-state index in [4.69, 9.17) is 5.73 Å². The molecule has 0 spiro atoms. The molecule has 0 aromatic carbocycles. The van der Waals surface area contributed by atoms with Crippen molar-refractivity contribution in [3.8, 4) is 0 Å². The van der Waals surface area contributed by atoms with Crippen LogP contribution >= 0.6 is 0 Å². The van der Waals surface area contributed by atoms with E-state index in [0.29, 0.717) is 0 Å². The van der Waals surface area contributed by atoms with Crippen LogP contribution in [0, 0.1) is 5.92 Å². The summed E-state index contributed by atoms with van der Waals surface area (Å²) in [5.41, 5.74) is 4.96. The van der Waals surface area contributed by atoms with Crippen molar-refractivity contribution in [1.82, 2.24) is 0 Å². The molecule has 0 fully saturated rings. The highest BCUT2D eigenvalue weighted by atomic mass is 19.4. The molecule has 0 aromatic heterocycles. The zero-order valence-corrected chi connectivity index (χ0v) is 4.93. The summed E-state index contributed by atoms with van der Waals surface area (Å²) < 4.78 is 39.8. The number of hydrogen-bond acceptors (Lipinski definition) is 2. The van der Waals surface area contributed by atoms with E-state index >= 15 is 0 Å². The average molecular weight is 154 g/mol. The smallest absolute Gasteiger partial charge is 0.400 e. The van der Waals surface area contributed by atoms with Crippen molar-refractivity contribution in [2.24, 2.45) is 11.7 Å². The predicted octanol–water partition coefficient (Wildman–Crippen LogP) is 0.994. The van der Waals surface area contributed by atoms with Crippen LogP contribution in [0.5, 0.6) is 0 Å². The van der Waals surface area contributed by atoms with Crippen LogP contribution in [0.15, 0.2) is 12.3 Å². The van der Waals surface area contributed by atoms with E-state index in [0.717, 1.165) is 12.3 Å². The number of ether oxygens (including phenoxy) is 1. The molecule has 0 bridgehead atoms. The molecule has 2 N–H and O–H groups in total. The van der Waals surface area contributed by atoms with Crippen LogP contribution in [-0.2, 0) is 4.74 Å². The lowest BCUT2D eigenvalue weighted by atomic mass is 10.2. The highest BCUT2D eigenvalue weighted by Gasteiger charge is 2.44. The summed E-state index contributed by atoms with van der Waals surface area (Å²) in [5, 5.41) is 0. The van der Waals surface area contributed by atoms with Gasteiger partial charge in [0.25, 0.3) is 0 Å². The molecule has 2 atom stereocenters. The summed E-state index contributed by atoms with van der Waals surface area (Å²) in [6.45, 7) is 0. The van der Waals surface area contributed by atoms with Gasteiger partial charge in [-0.25, -0.2) is 0 Å². The van der Waals surface area contributed by atoms with Gasteiger partial charge >= 0.3 is 6.18 Å². The lowest BCUT2D eigenvalue weighted by Gasteiger charge is -2.16. The molecule has 0 aromatic rings. The molecular weight excluding hydrogens is 148 g/mol. The molecule has 2 unspecified atom stereocenters. The van der Waals surface area contributed by atoms with Crippen LogP contribution in [0.3, 0.4) is 0 Å². The third-order valence-electron chi connectivity index (χ3n) is 1.25. The summed E-state index contributed by atoms with van der Waals surface area (Å²) in [6, 6.07) is 0. The fourth-order valence-corrected chi connectivity index (χ4v) is 0.710. The predicted molar refractivity (Wildman–Crippen MR) is 27.7 cm³/mol. The van der Waals surface area contributed by atoms with Gasteiger partial charge in [-0.15, -0.1) is 0 Å². The Balaban J connectivity index is 2.64. The van der Waals surface area contributed by atoms with Gasteiger partial charge in [-0.3, -0.25) is 5.73 Å². The Labute approximate surface area is 55.5 Å². The second kappa shape index (κ2) is 2.16. The van der Waals surface area contributed by atoms with Gasteiger partial charge in [0.15, 0.2) is 6.23 Å². The van der Waals surface area contributed by atoms with Crippen molar-refractivity contribution in [3.05, 3.63) is 12.3 Å². The molecule has 1 aliphatic rings. The molecule has 1 aliphatic heterocycles. The zero-order valence-electron chi connectivity index (χ0n) is 4.93. The van der Waals surface area contributed by atoms with E-state index in [9.17, 15) is 13.2 Å². The summed E-state index contributed by atoms with van der Waals surface area (Å²) in [6.07, 6.45) is -3.67. The van der Waals surface area contributed by atoms with Gasteiger partial charge in [0, 0.05) is 0 Å². The van der Waals surface area contributed by atoms with Crippen molar-refractivity contribution in [2.75, 3.05) is 0 Å².